The molecule has 5 rings (SSSR count). The predicted molar refractivity (Wildman–Crippen MR) is 122 cm³/mol. The lowest BCUT2D eigenvalue weighted by molar-refractivity contribution is -0.103. The Morgan fingerprint density at radius 2 is 2.00 bits per heavy atom. The van der Waals surface area contributed by atoms with Crippen molar-refractivity contribution in [3.8, 4) is 22.6 Å². The monoisotopic (exact) mass is 436 g/mol. The first kappa shape index (κ1) is 20.8. The van der Waals surface area contributed by atoms with Crippen LogP contribution < -0.4 is 9.47 Å². The van der Waals surface area contributed by atoms with Crippen LogP contribution in [0.1, 0.15) is 11.1 Å². The molecule has 0 aromatic heterocycles. The van der Waals surface area contributed by atoms with Crippen LogP contribution in [0, 0.1) is 0 Å². The zero-order valence-electron chi connectivity index (χ0n) is 18.5. The number of rotatable bonds is 5. The Balaban J connectivity index is 1.39. The zero-order valence-corrected chi connectivity index (χ0v) is 18.5. The second-order valence-corrected chi connectivity index (χ2v) is 8.00. The van der Waals surface area contributed by atoms with Crippen LogP contribution in [0.15, 0.2) is 47.5 Å². The van der Waals surface area contributed by atoms with Crippen molar-refractivity contribution in [3.05, 3.63) is 53.6 Å². The van der Waals surface area contributed by atoms with Gasteiger partial charge in [0, 0.05) is 23.7 Å². The molecule has 0 N–H and O–H groups in total. The average Bonchev–Trinajstić information content (AvgIpc) is 2.87. The average molecular weight is 437 g/mol. The fraction of sp³-hybridized carbons (Fsp3) is 0.400. The van der Waals surface area contributed by atoms with Crippen LogP contribution in [0.25, 0.3) is 16.8 Å². The van der Waals surface area contributed by atoms with Crippen molar-refractivity contribution in [1.29, 1.82) is 0 Å². The van der Waals surface area contributed by atoms with E-state index >= 15 is 0 Å². The minimum Gasteiger partial charge on any atom is -0.497 e. The molecule has 1 fully saturated rings. The van der Waals surface area contributed by atoms with Gasteiger partial charge >= 0.3 is 0 Å². The van der Waals surface area contributed by atoms with E-state index in [9.17, 15) is 0 Å². The van der Waals surface area contributed by atoms with Crippen LogP contribution in [0.5, 0.6) is 11.5 Å². The molecule has 1 unspecified atom stereocenters. The first-order chi connectivity index (χ1) is 15.7. The third-order valence-corrected chi connectivity index (χ3v) is 6.05. The van der Waals surface area contributed by atoms with Crippen molar-refractivity contribution in [1.82, 2.24) is 4.90 Å². The fourth-order valence-electron chi connectivity index (χ4n) is 4.34. The number of hydrogen-bond donors (Lipinski definition) is 0. The topological polar surface area (TPSA) is 61.8 Å². The highest BCUT2D eigenvalue weighted by molar-refractivity contribution is 5.97. The Labute approximate surface area is 188 Å². The Kier molecular flexibility index (Phi) is 6.01. The second-order valence-electron chi connectivity index (χ2n) is 8.00. The minimum absolute atomic E-state index is 0.0399. The lowest BCUT2D eigenvalue weighted by Crippen LogP contribution is -2.35. The van der Waals surface area contributed by atoms with Crippen LogP contribution >= 0.6 is 0 Å². The summed E-state index contributed by atoms with van der Waals surface area (Å²) in [7, 11) is 3.37. The summed E-state index contributed by atoms with van der Waals surface area (Å²) in [5.41, 5.74) is 5.82. The number of hydrogen-bond acceptors (Lipinski definition) is 7. The van der Waals surface area contributed by atoms with Gasteiger partial charge in [0.15, 0.2) is 0 Å². The van der Waals surface area contributed by atoms with E-state index in [0.29, 0.717) is 39.0 Å². The summed E-state index contributed by atoms with van der Waals surface area (Å²) >= 11 is 0. The molecule has 2 aromatic carbocycles. The maximum atomic E-state index is 5.95. The molecule has 3 heterocycles. The molecule has 0 amide bonds. The number of nitrogens with zero attached hydrogens (tertiary/aromatic N) is 2. The molecule has 7 heteroatoms. The van der Waals surface area contributed by atoms with E-state index in [1.807, 2.05) is 24.3 Å². The van der Waals surface area contributed by atoms with Gasteiger partial charge in [-0.1, -0.05) is 18.2 Å². The van der Waals surface area contributed by atoms with Crippen molar-refractivity contribution in [3.63, 3.8) is 0 Å². The van der Waals surface area contributed by atoms with E-state index < -0.39 is 0 Å². The standard InChI is InChI=1S/C25H28N2O5/c1-28-19-4-6-24(29-2)22(12-19)17-3-5-21-18(11-17)7-8-27-16-26-25(13-23(21)27)32-15-20-14-30-9-10-31-20/h3-6,11-13,20H,7-10,14-16H2,1-2H3. The fourth-order valence-corrected chi connectivity index (χ4v) is 4.34. The molecule has 3 aliphatic heterocycles. The number of aliphatic imine (C=N–C) groups is 1. The summed E-state index contributed by atoms with van der Waals surface area (Å²) in [4.78, 5) is 6.89. The van der Waals surface area contributed by atoms with E-state index in [4.69, 9.17) is 23.7 Å². The van der Waals surface area contributed by atoms with Gasteiger partial charge in [0.1, 0.15) is 30.9 Å². The zero-order chi connectivity index (χ0) is 21.9. The molecule has 3 aliphatic rings. The summed E-state index contributed by atoms with van der Waals surface area (Å²) in [5.74, 6) is 2.29. The lowest BCUT2D eigenvalue weighted by Gasteiger charge is -2.35. The third kappa shape index (κ3) is 4.18. The molecule has 2 aromatic rings. The van der Waals surface area contributed by atoms with Crippen LogP contribution in [0.3, 0.4) is 0 Å². The predicted octanol–water partition coefficient (Wildman–Crippen LogP) is 3.37. The molecule has 0 radical (unpaired) electrons. The molecular weight excluding hydrogens is 408 g/mol. The van der Waals surface area contributed by atoms with Gasteiger partial charge in [-0.3, -0.25) is 0 Å². The van der Waals surface area contributed by atoms with E-state index in [1.54, 1.807) is 14.2 Å². The van der Waals surface area contributed by atoms with Crippen molar-refractivity contribution in [2.24, 2.45) is 4.99 Å². The maximum Gasteiger partial charge on any atom is 0.212 e. The molecule has 0 saturated carbocycles. The van der Waals surface area contributed by atoms with Gasteiger partial charge in [-0.25, -0.2) is 4.99 Å². The summed E-state index contributed by atoms with van der Waals surface area (Å²) < 4.78 is 28.1. The van der Waals surface area contributed by atoms with E-state index in [-0.39, 0.29) is 6.10 Å². The highest BCUT2D eigenvalue weighted by atomic mass is 16.6. The number of benzene rings is 2. The number of fused-ring (bicyclic) bond motifs is 3. The van der Waals surface area contributed by atoms with Crippen molar-refractivity contribution < 1.29 is 23.7 Å². The Hall–Kier alpha value is -3.03. The lowest BCUT2D eigenvalue weighted by atomic mass is 9.91. The smallest absolute Gasteiger partial charge is 0.212 e. The first-order valence-corrected chi connectivity index (χ1v) is 10.9. The van der Waals surface area contributed by atoms with Gasteiger partial charge in [0.2, 0.25) is 5.90 Å². The van der Waals surface area contributed by atoms with Gasteiger partial charge in [0.05, 0.1) is 39.7 Å². The van der Waals surface area contributed by atoms with Crippen LogP contribution in [0.2, 0.25) is 0 Å². The molecule has 32 heavy (non-hydrogen) atoms. The highest BCUT2D eigenvalue weighted by Gasteiger charge is 2.25. The number of ether oxygens (including phenoxy) is 5. The van der Waals surface area contributed by atoms with Crippen molar-refractivity contribution in [2.45, 2.75) is 12.5 Å². The largest absolute Gasteiger partial charge is 0.497 e. The Morgan fingerprint density at radius 3 is 2.81 bits per heavy atom. The van der Waals surface area contributed by atoms with Crippen molar-refractivity contribution in [2.75, 3.05) is 53.9 Å². The van der Waals surface area contributed by atoms with Gasteiger partial charge < -0.3 is 28.6 Å². The van der Waals surface area contributed by atoms with Gasteiger partial charge in [-0.05, 0) is 35.7 Å². The maximum absolute atomic E-state index is 5.95. The summed E-state index contributed by atoms with van der Waals surface area (Å²) in [5, 5.41) is 0. The molecule has 1 saturated heterocycles. The molecule has 0 bridgehead atoms. The normalized spacial score (nSPS) is 19.9. The van der Waals surface area contributed by atoms with Crippen LogP contribution in [-0.4, -0.2) is 70.8 Å². The highest BCUT2D eigenvalue weighted by Crippen LogP contribution is 2.37. The van der Waals surface area contributed by atoms with Gasteiger partial charge in [-0.2, -0.15) is 0 Å². The SMILES string of the molecule is COc1ccc(OC)c(-c2ccc3c(c2)CCN2CN=C(OCC4COCCO4)C=C32)c1. The van der Waals surface area contributed by atoms with Crippen LogP contribution in [0.4, 0.5) is 0 Å². The van der Waals surface area contributed by atoms with Gasteiger partial charge in [-0.15, -0.1) is 0 Å². The Morgan fingerprint density at radius 1 is 1.06 bits per heavy atom. The van der Waals surface area contributed by atoms with Crippen molar-refractivity contribution >= 4 is 11.6 Å². The van der Waals surface area contributed by atoms with Gasteiger partial charge in [0.25, 0.3) is 0 Å². The molecule has 1 atom stereocenters. The second kappa shape index (κ2) is 9.22. The summed E-state index contributed by atoms with van der Waals surface area (Å²) in [6.07, 6.45) is 2.96. The van der Waals surface area contributed by atoms with E-state index in [1.165, 1.54) is 11.1 Å². The first-order valence-electron chi connectivity index (χ1n) is 10.9. The molecule has 0 aliphatic carbocycles. The quantitative estimate of drug-likeness (QED) is 0.716. The summed E-state index contributed by atoms with van der Waals surface area (Å²) in [6.45, 7) is 3.81. The summed E-state index contributed by atoms with van der Waals surface area (Å²) in [6, 6.07) is 12.5. The molecule has 7 nitrogen and oxygen atoms in total. The molecule has 168 valence electrons. The van der Waals surface area contributed by atoms with Crippen LogP contribution in [-0.2, 0) is 20.6 Å². The minimum atomic E-state index is -0.0399. The third-order valence-electron chi connectivity index (χ3n) is 6.05. The molecular formula is C25H28N2O5. The number of methoxy groups -OCH3 is 2. The van der Waals surface area contributed by atoms with E-state index in [2.05, 4.69) is 28.1 Å². The molecule has 0 spiro atoms. The Bertz CT molecular complexity index is 1040. The van der Waals surface area contributed by atoms with E-state index in [0.717, 1.165) is 41.3 Å².